The molecular formula is C22H22Cl2FN3O4S. The van der Waals surface area contributed by atoms with E-state index in [-0.39, 0.29) is 29.8 Å². The van der Waals surface area contributed by atoms with Gasteiger partial charge >= 0.3 is 0 Å². The molecular weight excluding hydrogens is 492 g/mol. The Kier molecular flexibility index (Phi) is 8.71. The minimum atomic E-state index is -0.692. The molecule has 0 radical (unpaired) electrons. The van der Waals surface area contributed by atoms with Crippen LogP contribution in [0.15, 0.2) is 48.7 Å². The molecule has 1 aliphatic rings. The van der Waals surface area contributed by atoms with Gasteiger partial charge in [0.15, 0.2) is 12.7 Å². The second-order valence-electron chi connectivity index (χ2n) is 7.02. The molecule has 0 saturated carbocycles. The Morgan fingerprint density at radius 2 is 2.09 bits per heavy atom. The Morgan fingerprint density at radius 3 is 2.82 bits per heavy atom. The number of halogens is 3. The monoisotopic (exact) mass is 513 g/mol. The molecule has 2 aromatic rings. The molecule has 176 valence electrons. The molecule has 0 aromatic heterocycles. The Hall–Kier alpha value is -2.62. The quantitative estimate of drug-likeness (QED) is 0.489. The lowest BCUT2D eigenvalue weighted by atomic mass is 10.2. The Balaban J connectivity index is 1.41. The van der Waals surface area contributed by atoms with E-state index in [1.807, 2.05) is 10.6 Å². The molecule has 0 spiro atoms. The number of rotatable bonds is 9. The van der Waals surface area contributed by atoms with E-state index in [1.165, 1.54) is 24.1 Å². The Labute approximate surface area is 205 Å². The van der Waals surface area contributed by atoms with Crippen molar-refractivity contribution >= 4 is 52.7 Å². The third kappa shape index (κ3) is 6.93. The molecule has 33 heavy (non-hydrogen) atoms. The number of carbonyl (C=O) groups is 2. The average molecular weight is 514 g/mol. The van der Waals surface area contributed by atoms with Crippen LogP contribution in [-0.4, -0.2) is 43.9 Å². The largest absolute Gasteiger partial charge is 0.484 e. The van der Waals surface area contributed by atoms with E-state index in [1.54, 1.807) is 18.2 Å². The highest BCUT2D eigenvalue weighted by atomic mass is 35.5. The zero-order chi connectivity index (χ0) is 24.0. The molecule has 1 atom stereocenters. The first-order valence-electron chi connectivity index (χ1n) is 9.88. The first-order valence-corrected chi connectivity index (χ1v) is 11.8. The van der Waals surface area contributed by atoms with Crippen LogP contribution in [0.2, 0.25) is 10.0 Å². The minimum Gasteiger partial charge on any atom is -0.484 e. The van der Waals surface area contributed by atoms with Gasteiger partial charge in [0, 0.05) is 36.0 Å². The molecule has 1 unspecified atom stereocenters. The van der Waals surface area contributed by atoms with Crippen LogP contribution in [0.1, 0.15) is 6.42 Å². The summed E-state index contributed by atoms with van der Waals surface area (Å²) in [5, 5.41) is 5.93. The summed E-state index contributed by atoms with van der Waals surface area (Å²) in [6.07, 6.45) is 1.53. The van der Waals surface area contributed by atoms with Crippen LogP contribution in [0, 0.1) is 5.82 Å². The van der Waals surface area contributed by atoms with Crippen molar-refractivity contribution in [3.05, 3.63) is 64.5 Å². The number of hydrogen-bond acceptors (Lipinski definition) is 6. The number of nitrogens with one attached hydrogen (secondary N) is 2. The summed E-state index contributed by atoms with van der Waals surface area (Å²) in [6.45, 7) is 4.07. The van der Waals surface area contributed by atoms with Crippen LogP contribution in [0.4, 0.5) is 10.1 Å². The fourth-order valence-corrected chi connectivity index (χ4v) is 3.90. The van der Waals surface area contributed by atoms with Gasteiger partial charge in [-0.1, -0.05) is 41.7 Å². The lowest BCUT2D eigenvalue weighted by Crippen LogP contribution is -2.47. The van der Waals surface area contributed by atoms with Crippen molar-refractivity contribution in [1.29, 1.82) is 0 Å². The topological polar surface area (TPSA) is 79.9 Å². The van der Waals surface area contributed by atoms with Crippen molar-refractivity contribution in [2.75, 3.05) is 30.3 Å². The SMILES string of the molecule is C=C(CCNC(=O)C1CN(SC)c2cc(Cl)ccc2O1)NC(=O)COc1ccc(Cl)c(F)c1. The third-order valence-corrected chi connectivity index (χ3v) is 5.93. The van der Waals surface area contributed by atoms with Crippen LogP contribution >= 0.6 is 35.1 Å². The number of fused-ring (bicyclic) bond motifs is 1. The van der Waals surface area contributed by atoms with Gasteiger partial charge < -0.3 is 24.4 Å². The number of ether oxygens (including phenoxy) is 2. The van der Waals surface area contributed by atoms with Crippen molar-refractivity contribution in [2.24, 2.45) is 0 Å². The smallest absolute Gasteiger partial charge is 0.263 e. The van der Waals surface area contributed by atoms with Gasteiger partial charge in [-0.2, -0.15) is 0 Å². The van der Waals surface area contributed by atoms with Gasteiger partial charge in [0.2, 0.25) is 0 Å². The van der Waals surface area contributed by atoms with Crippen LogP contribution in [-0.2, 0) is 9.59 Å². The highest BCUT2D eigenvalue weighted by Crippen LogP contribution is 2.38. The molecule has 0 fully saturated rings. The van der Waals surface area contributed by atoms with E-state index in [2.05, 4.69) is 17.2 Å². The number of nitrogens with zero attached hydrogens (tertiary/aromatic N) is 1. The van der Waals surface area contributed by atoms with Crippen LogP contribution in [0.25, 0.3) is 0 Å². The van der Waals surface area contributed by atoms with Gasteiger partial charge in [-0.05, 0) is 30.3 Å². The molecule has 2 amide bonds. The van der Waals surface area contributed by atoms with Crippen molar-refractivity contribution in [3.8, 4) is 11.5 Å². The fourth-order valence-electron chi connectivity index (χ4n) is 3.00. The maximum atomic E-state index is 13.4. The first-order chi connectivity index (χ1) is 15.8. The molecule has 1 aliphatic heterocycles. The summed E-state index contributed by atoms with van der Waals surface area (Å²) in [4.78, 5) is 24.6. The van der Waals surface area contributed by atoms with E-state index < -0.39 is 17.8 Å². The predicted octanol–water partition coefficient (Wildman–Crippen LogP) is 4.19. The number of amides is 2. The maximum Gasteiger partial charge on any atom is 0.263 e. The van der Waals surface area contributed by atoms with E-state index >= 15 is 0 Å². The molecule has 1 heterocycles. The standard InChI is InChI=1S/C22H22Cl2FN3O4S/c1-13(27-21(29)12-31-15-4-5-16(24)17(25)10-15)7-8-26-22(30)20-11-28(33-2)18-9-14(23)3-6-19(18)32-20/h3-6,9-10,20H,1,7-8,11-12H2,2H3,(H,26,30)(H,27,29). The van der Waals surface area contributed by atoms with Crippen LogP contribution in [0.5, 0.6) is 11.5 Å². The third-order valence-electron chi connectivity index (χ3n) is 4.61. The van der Waals surface area contributed by atoms with Crippen molar-refractivity contribution in [1.82, 2.24) is 10.6 Å². The zero-order valence-corrected chi connectivity index (χ0v) is 20.0. The number of hydrogen-bond donors (Lipinski definition) is 2. The molecule has 2 aromatic carbocycles. The highest BCUT2D eigenvalue weighted by molar-refractivity contribution is 8.00. The summed E-state index contributed by atoms with van der Waals surface area (Å²) in [5.74, 6) is -0.604. The van der Waals surface area contributed by atoms with Gasteiger partial charge in [0.1, 0.15) is 17.3 Å². The second-order valence-corrected chi connectivity index (χ2v) is 8.67. The molecule has 7 nitrogen and oxygen atoms in total. The lowest BCUT2D eigenvalue weighted by molar-refractivity contribution is -0.127. The molecule has 0 aliphatic carbocycles. The number of carbonyl (C=O) groups excluding carboxylic acids is 2. The van der Waals surface area contributed by atoms with Crippen LogP contribution < -0.4 is 24.4 Å². The second kappa shape index (κ2) is 11.5. The van der Waals surface area contributed by atoms with Crippen molar-refractivity contribution in [2.45, 2.75) is 12.5 Å². The van der Waals surface area contributed by atoms with Gasteiger partial charge in [-0.25, -0.2) is 4.39 Å². The number of benzene rings is 2. The first kappa shape index (κ1) is 25.0. The van der Waals surface area contributed by atoms with Gasteiger partial charge in [-0.15, -0.1) is 0 Å². The fraction of sp³-hybridized carbons (Fsp3) is 0.273. The Bertz CT molecular complexity index is 1060. The summed E-state index contributed by atoms with van der Waals surface area (Å²) in [5.41, 5.74) is 1.22. The maximum absolute atomic E-state index is 13.4. The molecule has 11 heteroatoms. The van der Waals surface area contributed by atoms with Gasteiger partial charge in [0.05, 0.1) is 17.3 Å². The highest BCUT2D eigenvalue weighted by Gasteiger charge is 2.30. The van der Waals surface area contributed by atoms with Gasteiger partial charge in [0.25, 0.3) is 11.8 Å². The van der Waals surface area contributed by atoms with Crippen LogP contribution in [0.3, 0.4) is 0 Å². The van der Waals surface area contributed by atoms with Crippen molar-refractivity contribution < 1.29 is 23.5 Å². The Morgan fingerprint density at radius 1 is 1.30 bits per heavy atom. The molecule has 3 rings (SSSR count). The summed E-state index contributed by atoms with van der Waals surface area (Å²) < 4.78 is 26.4. The van der Waals surface area contributed by atoms with E-state index in [9.17, 15) is 14.0 Å². The summed E-state index contributed by atoms with van der Waals surface area (Å²) >= 11 is 13.1. The predicted molar refractivity (Wildman–Crippen MR) is 129 cm³/mol. The summed E-state index contributed by atoms with van der Waals surface area (Å²) in [7, 11) is 0. The molecule has 0 bridgehead atoms. The van der Waals surface area contributed by atoms with E-state index in [0.29, 0.717) is 29.4 Å². The van der Waals surface area contributed by atoms with E-state index in [4.69, 9.17) is 32.7 Å². The summed E-state index contributed by atoms with van der Waals surface area (Å²) in [6, 6.07) is 9.13. The lowest BCUT2D eigenvalue weighted by Gasteiger charge is -2.34. The molecule has 0 saturated heterocycles. The number of anilines is 1. The molecule has 2 N–H and O–H groups in total. The van der Waals surface area contributed by atoms with Gasteiger partial charge in [-0.3, -0.25) is 9.59 Å². The van der Waals surface area contributed by atoms with E-state index in [0.717, 1.165) is 11.8 Å². The van der Waals surface area contributed by atoms with Crippen molar-refractivity contribution in [3.63, 3.8) is 0 Å². The normalized spacial score (nSPS) is 14.7. The zero-order valence-electron chi connectivity index (χ0n) is 17.7. The minimum absolute atomic E-state index is 0.0318. The average Bonchev–Trinajstić information content (AvgIpc) is 2.79.